The van der Waals surface area contributed by atoms with Crippen molar-refractivity contribution in [1.29, 1.82) is 0 Å². The van der Waals surface area contributed by atoms with E-state index in [1.807, 2.05) is 36.1 Å². The maximum absolute atomic E-state index is 14.4. The Bertz CT molecular complexity index is 1970. The van der Waals surface area contributed by atoms with Crippen molar-refractivity contribution < 1.29 is 14.4 Å². The monoisotopic (exact) mass is 736 g/mol. The van der Waals surface area contributed by atoms with Crippen LogP contribution in [0.4, 0.5) is 0 Å². The molecule has 1 aromatic carbocycles. The zero-order chi connectivity index (χ0) is 35.6. The summed E-state index contributed by atoms with van der Waals surface area (Å²) >= 11 is 3.45. The van der Waals surface area contributed by atoms with E-state index in [4.69, 9.17) is 5.10 Å². The Balaban J connectivity index is 1.33. The Labute approximate surface area is 302 Å². The zero-order valence-corrected chi connectivity index (χ0v) is 30.8. The molecule has 1 saturated carbocycles. The fraction of sp³-hybridized carbons (Fsp3) is 0.425. The largest absolute Gasteiger partial charge is 0.327 e. The molecule has 1 aliphatic carbocycles. The normalized spacial score (nSPS) is 19.4. The molecule has 6 rings (SSSR count). The standard InChI is InChI=1S/C40H45BrN6O3/c1-6-8-9-10-11-12-14-28-17-29(30-22-42-26(4)43-23-30)18-31-38(25(3)48)45-46(39(28)31)24-37(50)47-33(20-40(5)21-35(40)47)34(49)19-32-27(13-7-2)15-16-36(41)44-32/h6-7,15-18,22-23,33,35H,1-2,8-14,19-21,24H2,3-5H3/t33-,35+,40-/m0/s1. The van der Waals surface area contributed by atoms with Crippen molar-refractivity contribution in [3.8, 4) is 11.1 Å². The van der Waals surface area contributed by atoms with E-state index in [1.165, 1.54) is 6.92 Å². The number of unbranched alkanes of at least 4 members (excludes halogenated alkanes) is 4. The number of fused-ring (bicyclic) bond motifs is 2. The summed E-state index contributed by atoms with van der Waals surface area (Å²) in [6, 6.07) is 7.38. The van der Waals surface area contributed by atoms with Crippen LogP contribution in [0, 0.1) is 12.3 Å². The average molecular weight is 738 g/mol. The number of piperidine rings is 1. The molecule has 4 heterocycles. The molecular weight excluding hydrogens is 692 g/mol. The lowest BCUT2D eigenvalue weighted by molar-refractivity contribution is -0.139. The van der Waals surface area contributed by atoms with Gasteiger partial charge in [-0.2, -0.15) is 5.10 Å². The molecule has 0 spiro atoms. The maximum Gasteiger partial charge on any atom is 0.245 e. The summed E-state index contributed by atoms with van der Waals surface area (Å²) in [7, 11) is 0. The molecule has 10 heteroatoms. The first-order valence-electron chi connectivity index (χ1n) is 17.6. The molecule has 0 bridgehead atoms. The number of Topliss-reactive ketones (excluding diaryl/α,β-unsaturated/α-hetero) is 2. The zero-order valence-electron chi connectivity index (χ0n) is 29.3. The molecule has 1 amide bonds. The average Bonchev–Trinajstić information content (AvgIpc) is 3.44. The molecule has 3 atom stereocenters. The number of hydrogen-bond donors (Lipinski definition) is 0. The van der Waals surface area contributed by atoms with Crippen LogP contribution < -0.4 is 0 Å². The second-order valence-corrected chi connectivity index (χ2v) is 14.9. The van der Waals surface area contributed by atoms with Crippen molar-refractivity contribution in [1.82, 2.24) is 29.6 Å². The molecule has 50 heavy (non-hydrogen) atoms. The van der Waals surface area contributed by atoms with Gasteiger partial charge in [0.15, 0.2) is 11.6 Å². The van der Waals surface area contributed by atoms with Gasteiger partial charge in [0.25, 0.3) is 0 Å². The molecule has 0 radical (unpaired) electrons. The number of rotatable bonds is 16. The molecule has 2 fully saturated rings. The highest BCUT2D eigenvalue weighted by Gasteiger charge is 2.64. The van der Waals surface area contributed by atoms with E-state index in [-0.39, 0.29) is 41.9 Å². The van der Waals surface area contributed by atoms with Crippen LogP contribution in [-0.4, -0.2) is 59.2 Å². The van der Waals surface area contributed by atoms with Gasteiger partial charge in [0.1, 0.15) is 22.7 Å². The first-order valence-corrected chi connectivity index (χ1v) is 18.4. The second-order valence-electron chi connectivity index (χ2n) is 14.1. The lowest BCUT2D eigenvalue weighted by Gasteiger charge is -2.27. The highest BCUT2D eigenvalue weighted by molar-refractivity contribution is 9.10. The smallest absolute Gasteiger partial charge is 0.245 e. The van der Waals surface area contributed by atoms with Gasteiger partial charge in [0, 0.05) is 36.3 Å². The Morgan fingerprint density at radius 1 is 1.00 bits per heavy atom. The Morgan fingerprint density at radius 2 is 1.76 bits per heavy atom. The minimum Gasteiger partial charge on any atom is -0.327 e. The quantitative estimate of drug-likeness (QED) is 0.0500. The number of pyridine rings is 1. The van der Waals surface area contributed by atoms with Crippen LogP contribution in [0.1, 0.15) is 91.9 Å². The summed E-state index contributed by atoms with van der Waals surface area (Å²) in [6.45, 7) is 13.1. The van der Waals surface area contributed by atoms with Gasteiger partial charge in [-0.1, -0.05) is 38.0 Å². The summed E-state index contributed by atoms with van der Waals surface area (Å²) in [6.07, 6.45) is 15.6. The first kappa shape index (κ1) is 35.5. The van der Waals surface area contributed by atoms with Gasteiger partial charge >= 0.3 is 0 Å². The van der Waals surface area contributed by atoms with Crippen molar-refractivity contribution in [3.63, 3.8) is 0 Å². The van der Waals surface area contributed by atoms with Gasteiger partial charge in [-0.05, 0) is 108 Å². The highest BCUT2D eigenvalue weighted by atomic mass is 79.9. The van der Waals surface area contributed by atoms with Gasteiger partial charge in [-0.3, -0.25) is 19.1 Å². The van der Waals surface area contributed by atoms with Crippen LogP contribution >= 0.6 is 15.9 Å². The van der Waals surface area contributed by atoms with E-state index >= 15 is 0 Å². The fourth-order valence-electron chi connectivity index (χ4n) is 7.54. The Kier molecular flexibility index (Phi) is 10.6. The molecule has 9 nitrogen and oxygen atoms in total. The highest BCUT2D eigenvalue weighted by Crippen LogP contribution is 2.59. The SMILES string of the molecule is C=CCCCCCCc1cc(-c2cnc(C)nc2)cc2c(C(C)=O)nn(CC(=O)N3[C@H](C(=O)Cc4nc(Br)ccc4CC=C)C[C@@]4(C)C[C@@H]34)c12. The third-order valence-corrected chi connectivity index (χ3v) is 10.7. The number of allylic oxidation sites excluding steroid dienone is 2. The maximum atomic E-state index is 14.4. The fourth-order valence-corrected chi connectivity index (χ4v) is 7.88. The van der Waals surface area contributed by atoms with E-state index in [9.17, 15) is 14.4 Å². The number of aromatic nitrogens is 5. The van der Waals surface area contributed by atoms with E-state index in [2.05, 4.69) is 57.0 Å². The second kappa shape index (κ2) is 14.9. The number of hydrogen-bond acceptors (Lipinski definition) is 7. The van der Waals surface area contributed by atoms with E-state index in [0.29, 0.717) is 40.0 Å². The topological polar surface area (TPSA) is 111 Å². The number of nitrogens with zero attached hydrogens (tertiary/aromatic N) is 6. The summed E-state index contributed by atoms with van der Waals surface area (Å²) in [5, 5.41) is 5.50. The lowest BCUT2D eigenvalue weighted by atomic mass is 9.95. The molecule has 0 unspecified atom stereocenters. The first-order chi connectivity index (χ1) is 24.0. The molecule has 1 aliphatic heterocycles. The van der Waals surface area contributed by atoms with Crippen molar-refractivity contribution >= 4 is 44.3 Å². The van der Waals surface area contributed by atoms with E-state index in [0.717, 1.165) is 72.7 Å². The van der Waals surface area contributed by atoms with Gasteiger partial charge in [0.05, 0.1) is 23.7 Å². The Hall–Kier alpha value is -4.31. The minimum absolute atomic E-state index is 0.00402. The number of aryl methyl sites for hydroxylation is 2. The van der Waals surface area contributed by atoms with Crippen LogP contribution in [0.15, 0.2) is 66.6 Å². The van der Waals surface area contributed by atoms with Crippen LogP contribution in [0.25, 0.3) is 22.0 Å². The molecule has 0 N–H and O–H groups in total. The summed E-state index contributed by atoms with van der Waals surface area (Å²) < 4.78 is 2.37. The third kappa shape index (κ3) is 7.41. The number of benzene rings is 1. The van der Waals surface area contributed by atoms with Gasteiger partial charge in [-0.15, -0.1) is 13.2 Å². The van der Waals surface area contributed by atoms with Crippen molar-refractivity contribution in [2.75, 3.05) is 0 Å². The number of likely N-dealkylation sites (tertiary alicyclic amines) is 1. The van der Waals surface area contributed by atoms with Crippen LogP contribution in [-0.2, 0) is 35.4 Å². The number of halogens is 1. The minimum atomic E-state index is -0.541. The Morgan fingerprint density at radius 3 is 2.48 bits per heavy atom. The number of carbonyl (C=O) groups is 3. The van der Waals surface area contributed by atoms with Crippen LogP contribution in [0.3, 0.4) is 0 Å². The van der Waals surface area contributed by atoms with E-state index in [1.54, 1.807) is 23.2 Å². The van der Waals surface area contributed by atoms with Crippen molar-refractivity contribution in [2.45, 2.75) is 104 Å². The van der Waals surface area contributed by atoms with Crippen LogP contribution in [0.5, 0.6) is 0 Å². The van der Waals surface area contributed by atoms with Crippen molar-refractivity contribution in [3.05, 3.63) is 94.9 Å². The molecule has 4 aromatic rings. The summed E-state index contributed by atoms with van der Waals surface area (Å²) in [4.78, 5) is 56.6. The molecule has 2 aliphatic rings. The van der Waals surface area contributed by atoms with Gasteiger partial charge in [-0.25, -0.2) is 15.0 Å². The lowest BCUT2D eigenvalue weighted by Crippen LogP contribution is -2.45. The third-order valence-electron chi connectivity index (χ3n) is 10.3. The number of amides is 1. The molecule has 260 valence electrons. The van der Waals surface area contributed by atoms with Gasteiger partial charge < -0.3 is 4.90 Å². The molecular formula is C40H45BrN6O3. The predicted molar refractivity (Wildman–Crippen MR) is 199 cm³/mol. The molecule has 1 saturated heterocycles. The van der Waals surface area contributed by atoms with Gasteiger partial charge in [0.2, 0.25) is 5.91 Å². The van der Waals surface area contributed by atoms with E-state index < -0.39 is 6.04 Å². The number of ketones is 2. The predicted octanol–water partition coefficient (Wildman–Crippen LogP) is 7.76. The molecule has 3 aromatic heterocycles. The van der Waals surface area contributed by atoms with Crippen LogP contribution in [0.2, 0.25) is 0 Å². The van der Waals surface area contributed by atoms with Crippen molar-refractivity contribution in [2.24, 2.45) is 5.41 Å². The number of carbonyl (C=O) groups excluding carboxylic acids is 3. The summed E-state index contributed by atoms with van der Waals surface area (Å²) in [5.74, 6) is 0.337. The summed E-state index contributed by atoms with van der Waals surface area (Å²) in [5.41, 5.74) is 5.48.